The molecule has 8 heteroatoms. The lowest BCUT2D eigenvalue weighted by Crippen LogP contribution is -2.58. The van der Waals surface area contributed by atoms with E-state index < -0.39 is 23.8 Å². The van der Waals surface area contributed by atoms with Crippen LogP contribution in [0.3, 0.4) is 0 Å². The molecule has 35 heavy (non-hydrogen) atoms. The summed E-state index contributed by atoms with van der Waals surface area (Å²) in [4.78, 5) is 42.2. The van der Waals surface area contributed by atoms with E-state index in [4.69, 9.17) is 4.74 Å². The Morgan fingerprint density at radius 2 is 1.80 bits per heavy atom. The predicted molar refractivity (Wildman–Crippen MR) is 143 cm³/mol. The van der Waals surface area contributed by atoms with Crippen molar-refractivity contribution >= 4 is 29.7 Å². The average Bonchev–Trinajstić information content (AvgIpc) is 2.69. The Hall–Kier alpha value is -2.22. The molecule has 196 valence electrons. The first-order valence-electron chi connectivity index (χ1n) is 12.5. The maximum Gasteiger partial charge on any atom is 0.408 e. The van der Waals surface area contributed by atoms with E-state index in [1.54, 1.807) is 37.4 Å². The highest BCUT2D eigenvalue weighted by molar-refractivity contribution is 7.98. The first kappa shape index (κ1) is 29.0. The summed E-state index contributed by atoms with van der Waals surface area (Å²) in [7, 11) is 0. The molecule has 2 N–H and O–H groups in total. The van der Waals surface area contributed by atoms with E-state index in [-0.39, 0.29) is 23.9 Å². The number of carbonyl (C=O) groups excluding carboxylic acids is 3. The van der Waals surface area contributed by atoms with Crippen LogP contribution in [0.15, 0.2) is 18.2 Å². The first-order valence-corrected chi connectivity index (χ1v) is 13.9. The zero-order valence-corrected chi connectivity index (χ0v) is 23.4. The minimum absolute atomic E-state index is 0.0532. The molecule has 0 aliphatic heterocycles. The third-order valence-electron chi connectivity index (χ3n) is 6.22. The molecule has 2 unspecified atom stereocenters. The number of rotatable bonds is 10. The van der Waals surface area contributed by atoms with Crippen LogP contribution in [0.4, 0.5) is 4.79 Å². The number of nitrogens with one attached hydrogen (secondary N) is 2. The van der Waals surface area contributed by atoms with Crippen molar-refractivity contribution in [3.8, 4) is 0 Å². The van der Waals surface area contributed by atoms with E-state index in [2.05, 4.69) is 10.6 Å². The molecule has 1 aliphatic carbocycles. The molecule has 2 atom stereocenters. The molecule has 0 bridgehead atoms. The summed E-state index contributed by atoms with van der Waals surface area (Å²) in [5.74, 6) is 0.256. The van der Waals surface area contributed by atoms with Gasteiger partial charge in [0, 0.05) is 12.1 Å². The van der Waals surface area contributed by atoms with Crippen molar-refractivity contribution in [3.05, 3.63) is 34.9 Å². The largest absolute Gasteiger partial charge is 0.444 e. The Bertz CT molecular complexity index is 893. The number of alkyl carbamates (subject to hydrolysis) is 1. The molecule has 2 rings (SSSR count). The smallest absolute Gasteiger partial charge is 0.408 e. The van der Waals surface area contributed by atoms with Gasteiger partial charge in [-0.05, 0) is 103 Å². The summed E-state index contributed by atoms with van der Waals surface area (Å²) in [6.45, 7) is 13.2. The van der Waals surface area contributed by atoms with Gasteiger partial charge in [0.15, 0.2) is 0 Å². The Morgan fingerprint density at radius 3 is 2.31 bits per heavy atom. The normalized spacial score (nSPS) is 15.7. The highest BCUT2D eigenvalue weighted by atomic mass is 32.2. The number of thioether (sulfide) groups is 1. The Balaban J connectivity index is 2.51. The van der Waals surface area contributed by atoms with Crippen LogP contribution in [0.5, 0.6) is 0 Å². The number of hydrogen-bond donors (Lipinski definition) is 2. The third kappa shape index (κ3) is 8.16. The molecular formula is C27H43N3O4S. The third-order valence-corrected chi connectivity index (χ3v) is 6.86. The van der Waals surface area contributed by atoms with E-state index >= 15 is 0 Å². The number of hydrogen-bond acceptors (Lipinski definition) is 5. The zero-order valence-electron chi connectivity index (χ0n) is 22.6. The quantitative estimate of drug-likeness (QED) is 0.472. The molecule has 1 fully saturated rings. The van der Waals surface area contributed by atoms with Gasteiger partial charge in [-0.15, -0.1) is 0 Å². The Kier molecular flexibility index (Phi) is 10.5. The van der Waals surface area contributed by atoms with Crippen molar-refractivity contribution in [3.63, 3.8) is 0 Å². The zero-order chi connectivity index (χ0) is 26.3. The topological polar surface area (TPSA) is 87.7 Å². The SMILES string of the molecule is CSCCC(NC(=O)OC(C)(C)C)C(=O)N(C1CCC1)C(C(=O)NC(C)C)c1cccc(C)c1C. The van der Waals surface area contributed by atoms with Crippen LogP contribution in [0.25, 0.3) is 0 Å². The molecule has 3 amide bonds. The van der Waals surface area contributed by atoms with Crippen LogP contribution in [0.2, 0.25) is 0 Å². The number of carbonyl (C=O) groups is 3. The summed E-state index contributed by atoms with van der Waals surface area (Å²) in [6.07, 6.45) is 4.48. The molecule has 1 aliphatic rings. The van der Waals surface area contributed by atoms with Gasteiger partial charge >= 0.3 is 6.09 Å². The lowest BCUT2D eigenvalue weighted by molar-refractivity contribution is -0.147. The molecule has 7 nitrogen and oxygen atoms in total. The molecule has 1 aromatic rings. The van der Waals surface area contributed by atoms with E-state index in [1.165, 1.54) is 0 Å². The van der Waals surface area contributed by atoms with Crippen molar-refractivity contribution in [2.24, 2.45) is 0 Å². The maximum absolute atomic E-state index is 14.2. The second-order valence-electron chi connectivity index (χ2n) is 10.7. The van der Waals surface area contributed by atoms with E-state index in [9.17, 15) is 14.4 Å². The molecule has 0 aromatic heterocycles. The highest BCUT2D eigenvalue weighted by Gasteiger charge is 2.42. The van der Waals surface area contributed by atoms with Crippen molar-refractivity contribution < 1.29 is 19.1 Å². The van der Waals surface area contributed by atoms with Gasteiger partial charge in [-0.25, -0.2) is 4.79 Å². The second kappa shape index (κ2) is 12.7. The van der Waals surface area contributed by atoms with E-state index in [0.29, 0.717) is 12.2 Å². The lowest BCUT2D eigenvalue weighted by Gasteiger charge is -2.44. The summed E-state index contributed by atoms with van der Waals surface area (Å²) >= 11 is 1.61. The minimum atomic E-state index is -0.780. The first-order chi connectivity index (χ1) is 16.4. The summed E-state index contributed by atoms with van der Waals surface area (Å²) in [6, 6.07) is 4.20. The second-order valence-corrected chi connectivity index (χ2v) is 11.7. The lowest BCUT2D eigenvalue weighted by atomic mass is 9.86. The summed E-state index contributed by atoms with van der Waals surface area (Å²) < 4.78 is 5.45. The van der Waals surface area contributed by atoms with Crippen molar-refractivity contribution in [2.75, 3.05) is 12.0 Å². The predicted octanol–water partition coefficient (Wildman–Crippen LogP) is 4.90. The standard InChI is InChI=1S/C27H43N3O4S/c1-17(2)28-24(31)23(21-14-9-11-18(3)19(21)4)30(20-12-10-13-20)25(32)22(15-16-35-8)29-26(33)34-27(5,6)7/h9,11,14,17,20,22-23H,10,12-13,15-16H2,1-8H3,(H,28,31)(H,29,33). The fourth-order valence-electron chi connectivity index (χ4n) is 4.16. The molecule has 0 saturated heterocycles. The van der Waals surface area contributed by atoms with Crippen LogP contribution < -0.4 is 10.6 Å². The molecule has 1 saturated carbocycles. The molecule has 0 heterocycles. The van der Waals surface area contributed by atoms with Gasteiger partial charge in [0.1, 0.15) is 17.7 Å². The molecule has 1 aromatic carbocycles. The fourth-order valence-corrected chi connectivity index (χ4v) is 4.63. The number of amides is 3. The monoisotopic (exact) mass is 505 g/mol. The van der Waals surface area contributed by atoms with E-state index in [1.807, 2.05) is 52.1 Å². The van der Waals surface area contributed by atoms with Crippen molar-refractivity contribution in [1.82, 2.24) is 15.5 Å². The Morgan fingerprint density at radius 1 is 1.14 bits per heavy atom. The van der Waals surface area contributed by atoms with Crippen molar-refractivity contribution in [1.29, 1.82) is 0 Å². The van der Waals surface area contributed by atoms with Gasteiger partial charge in [0.2, 0.25) is 11.8 Å². The Labute approximate surface area is 215 Å². The fraction of sp³-hybridized carbons (Fsp3) is 0.667. The van der Waals surface area contributed by atoms with Crippen LogP contribution in [0, 0.1) is 13.8 Å². The number of aryl methyl sites for hydroxylation is 1. The van der Waals surface area contributed by atoms with E-state index in [0.717, 1.165) is 36.0 Å². The average molecular weight is 506 g/mol. The molecular weight excluding hydrogens is 462 g/mol. The van der Waals surface area contributed by atoms with Crippen LogP contribution in [-0.4, -0.2) is 58.5 Å². The molecule has 0 radical (unpaired) electrons. The van der Waals surface area contributed by atoms with Gasteiger partial charge in [-0.2, -0.15) is 11.8 Å². The van der Waals surface area contributed by atoms with Gasteiger partial charge in [-0.1, -0.05) is 18.2 Å². The van der Waals surface area contributed by atoms with Gasteiger partial charge < -0.3 is 20.3 Å². The highest BCUT2D eigenvalue weighted by Crippen LogP contribution is 2.35. The number of nitrogens with zero attached hydrogens (tertiary/aromatic N) is 1. The van der Waals surface area contributed by atoms with Gasteiger partial charge in [0.05, 0.1) is 0 Å². The van der Waals surface area contributed by atoms with Crippen LogP contribution >= 0.6 is 11.8 Å². The number of ether oxygens (including phenoxy) is 1. The van der Waals surface area contributed by atoms with Gasteiger partial charge in [-0.3, -0.25) is 9.59 Å². The van der Waals surface area contributed by atoms with Crippen LogP contribution in [-0.2, 0) is 14.3 Å². The van der Waals surface area contributed by atoms with Crippen molar-refractivity contribution in [2.45, 2.75) is 104 Å². The van der Waals surface area contributed by atoms with Crippen LogP contribution in [0.1, 0.15) is 83.0 Å². The number of benzene rings is 1. The molecule has 0 spiro atoms. The maximum atomic E-state index is 14.2. The minimum Gasteiger partial charge on any atom is -0.444 e. The van der Waals surface area contributed by atoms with Gasteiger partial charge in [0.25, 0.3) is 0 Å². The summed E-state index contributed by atoms with van der Waals surface area (Å²) in [5.41, 5.74) is 2.21. The summed E-state index contributed by atoms with van der Waals surface area (Å²) in [5, 5.41) is 5.84.